The van der Waals surface area contributed by atoms with E-state index in [2.05, 4.69) is 47.2 Å². The zero-order valence-electron chi connectivity index (χ0n) is 13.0. The number of hydrogen-bond donors (Lipinski definition) is 1. The van der Waals surface area contributed by atoms with E-state index in [1.54, 1.807) is 19.2 Å². The van der Waals surface area contributed by atoms with Crippen LogP contribution in [0.4, 0.5) is 0 Å². The summed E-state index contributed by atoms with van der Waals surface area (Å²) in [6.45, 7) is 4.79. The molecule has 0 aliphatic rings. The number of nitrogens with one attached hydrogen (secondary N) is 1. The van der Waals surface area contributed by atoms with Gasteiger partial charge in [0.1, 0.15) is 5.75 Å². The van der Waals surface area contributed by atoms with E-state index in [9.17, 15) is 4.79 Å². The third-order valence-electron chi connectivity index (χ3n) is 3.65. The van der Waals surface area contributed by atoms with E-state index in [1.165, 1.54) is 5.56 Å². The molecule has 0 spiro atoms. The summed E-state index contributed by atoms with van der Waals surface area (Å²) in [4.78, 5) is 12.3. The van der Waals surface area contributed by atoms with Gasteiger partial charge in [-0.3, -0.25) is 4.79 Å². The summed E-state index contributed by atoms with van der Waals surface area (Å²) in [6, 6.07) is 15.3. The van der Waals surface area contributed by atoms with E-state index in [0.717, 1.165) is 4.47 Å². The molecule has 1 amide bonds. The van der Waals surface area contributed by atoms with Crippen molar-refractivity contribution in [3.05, 3.63) is 64.1 Å². The second-order valence-corrected chi connectivity index (χ2v) is 6.72. The predicted molar refractivity (Wildman–Crippen MR) is 92.5 cm³/mol. The van der Waals surface area contributed by atoms with Gasteiger partial charge in [0, 0.05) is 22.0 Å². The van der Waals surface area contributed by atoms with Crippen LogP contribution >= 0.6 is 15.9 Å². The van der Waals surface area contributed by atoms with Crippen LogP contribution in [-0.4, -0.2) is 19.6 Å². The number of rotatable bonds is 5. The van der Waals surface area contributed by atoms with Crippen LogP contribution in [0.2, 0.25) is 0 Å². The summed E-state index contributed by atoms with van der Waals surface area (Å²) in [5.41, 5.74) is 1.64. The summed E-state index contributed by atoms with van der Waals surface area (Å²) in [6.07, 6.45) is 0. The first kappa shape index (κ1) is 16.6. The lowest BCUT2D eigenvalue weighted by molar-refractivity contribution is 0.0945. The van der Waals surface area contributed by atoms with Gasteiger partial charge in [0.05, 0.1) is 7.11 Å². The lowest BCUT2D eigenvalue weighted by Gasteiger charge is -2.25. The molecule has 0 heterocycles. The summed E-state index contributed by atoms with van der Waals surface area (Å²) in [7, 11) is 1.59. The molecule has 0 aliphatic carbocycles. The Balaban J connectivity index is 2.04. The highest BCUT2D eigenvalue weighted by molar-refractivity contribution is 9.10. The van der Waals surface area contributed by atoms with E-state index in [4.69, 9.17) is 4.74 Å². The smallest absolute Gasteiger partial charge is 0.251 e. The molecule has 0 radical (unpaired) electrons. The Morgan fingerprint density at radius 2 is 1.86 bits per heavy atom. The maximum atomic E-state index is 12.3. The zero-order chi connectivity index (χ0) is 16.2. The molecule has 1 N–H and O–H groups in total. The van der Waals surface area contributed by atoms with Crippen molar-refractivity contribution in [3.8, 4) is 5.75 Å². The molecule has 0 aliphatic heterocycles. The fraction of sp³-hybridized carbons (Fsp3) is 0.278. The highest BCUT2D eigenvalue weighted by Crippen LogP contribution is 2.24. The molecule has 0 fully saturated rings. The van der Waals surface area contributed by atoms with E-state index in [1.807, 2.05) is 24.3 Å². The fourth-order valence-corrected chi connectivity index (χ4v) is 2.44. The molecular formula is C18H20BrNO2. The van der Waals surface area contributed by atoms with E-state index < -0.39 is 0 Å². The Labute approximate surface area is 139 Å². The van der Waals surface area contributed by atoms with Crippen molar-refractivity contribution in [2.45, 2.75) is 19.3 Å². The van der Waals surface area contributed by atoms with Crippen molar-refractivity contribution < 1.29 is 9.53 Å². The van der Waals surface area contributed by atoms with Crippen LogP contribution in [0.5, 0.6) is 5.75 Å². The van der Waals surface area contributed by atoms with Crippen molar-refractivity contribution in [1.29, 1.82) is 0 Å². The highest BCUT2D eigenvalue weighted by atomic mass is 79.9. The lowest BCUT2D eigenvalue weighted by Crippen LogP contribution is -2.36. The molecule has 4 heteroatoms. The number of hydrogen-bond acceptors (Lipinski definition) is 2. The minimum absolute atomic E-state index is 0.0934. The number of ether oxygens (including phenoxy) is 1. The van der Waals surface area contributed by atoms with Crippen LogP contribution < -0.4 is 10.1 Å². The van der Waals surface area contributed by atoms with Crippen LogP contribution in [-0.2, 0) is 5.41 Å². The summed E-state index contributed by atoms with van der Waals surface area (Å²) in [5, 5.41) is 3.00. The largest absolute Gasteiger partial charge is 0.497 e. The number of carbonyl (C=O) groups excluding carboxylic acids is 1. The number of halogens is 1. The van der Waals surface area contributed by atoms with Crippen LogP contribution in [0.1, 0.15) is 29.8 Å². The maximum absolute atomic E-state index is 12.3. The molecule has 0 unspecified atom stereocenters. The summed E-state index contributed by atoms with van der Waals surface area (Å²) in [5.74, 6) is 0.587. The second-order valence-electron chi connectivity index (χ2n) is 5.81. The standard InChI is InChI=1S/C18H20BrNO2/c1-18(2,14-7-9-15(19)10-8-14)12-20-17(21)13-5-4-6-16(11-13)22-3/h4-11H,12H2,1-3H3,(H,20,21). The Bertz CT molecular complexity index is 650. The molecule has 3 nitrogen and oxygen atoms in total. The Morgan fingerprint density at radius 1 is 1.18 bits per heavy atom. The molecule has 2 aromatic carbocycles. The first-order valence-electron chi connectivity index (χ1n) is 7.11. The van der Waals surface area contributed by atoms with Crippen molar-refractivity contribution in [3.63, 3.8) is 0 Å². The molecule has 116 valence electrons. The first-order valence-corrected chi connectivity index (χ1v) is 7.90. The summed E-state index contributed by atoms with van der Waals surface area (Å²) >= 11 is 3.44. The Hall–Kier alpha value is -1.81. The van der Waals surface area contributed by atoms with Crippen LogP contribution in [0.25, 0.3) is 0 Å². The monoisotopic (exact) mass is 361 g/mol. The molecule has 0 bridgehead atoms. The molecule has 2 rings (SSSR count). The quantitative estimate of drug-likeness (QED) is 0.867. The van der Waals surface area contributed by atoms with Crippen LogP contribution in [0.15, 0.2) is 53.0 Å². The van der Waals surface area contributed by atoms with Crippen LogP contribution in [0.3, 0.4) is 0 Å². The van der Waals surface area contributed by atoms with Crippen molar-refractivity contribution in [1.82, 2.24) is 5.32 Å². The number of benzene rings is 2. The third kappa shape index (κ3) is 4.10. The van der Waals surface area contributed by atoms with Gasteiger partial charge in [0.2, 0.25) is 0 Å². The predicted octanol–water partition coefficient (Wildman–Crippen LogP) is 4.17. The minimum Gasteiger partial charge on any atom is -0.497 e. The molecule has 0 saturated heterocycles. The Morgan fingerprint density at radius 3 is 2.50 bits per heavy atom. The molecule has 0 atom stereocenters. The van der Waals surface area contributed by atoms with Gasteiger partial charge in [-0.05, 0) is 35.9 Å². The molecule has 0 aromatic heterocycles. The van der Waals surface area contributed by atoms with Crippen molar-refractivity contribution in [2.24, 2.45) is 0 Å². The second kappa shape index (κ2) is 6.97. The van der Waals surface area contributed by atoms with Gasteiger partial charge in [-0.15, -0.1) is 0 Å². The van der Waals surface area contributed by atoms with Gasteiger partial charge in [-0.25, -0.2) is 0 Å². The summed E-state index contributed by atoms with van der Waals surface area (Å²) < 4.78 is 6.20. The van der Waals surface area contributed by atoms with Gasteiger partial charge in [-0.1, -0.05) is 48.0 Å². The van der Waals surface area contributed by atoms with Gasteiger partial charge in [-0.2, -0.15) is 0 Å². The normalized spacial score (nSPS) is 11.1. The van der Waals surface area contributed by atoms with Crippen molar-refractivity contribution >= 4 is 21.8 Å². The first-order chi connectivity index (χ1) is 10.4. The van der Waals surface area contributed by atoms with Gasteiger partial charge < -0.3 is 10.1 Å². The van der Waals surface area contributed by atoms with Crippen LogP contribution in [0, 0.1) is 0 Å². The average Bonchev–Trinajstić information content (AvgIpc) is 2.53. The number of carbonyl (C=O) groups is 1. The van der Waals surface area contributed by atoms with E-state index in [0.29, 0.717) is 17.9 Å². The van der Waals surface area contributed by atoms with Gasteiger partial charge in [0.15, 0.2) is 0 Å². The van der Waals surface area contributed by atoms with Crippen molar-refractivity contribution in [2.75, 3.05) is 13.7 Å². The number of methoxy groups -OCH3 is 1. The Kier molecular flexibility index (Phi) is 5.24. The minimum atomic E-state index is -0.144. The molecular weight excluding hydrogens is 342 g/mol. The SMILES string of the molecule is COc1cccc(C(=O)NCC(C)(C)c2ccc(Br)cc2)c1. The molecule has 22 heavy (non-hydrogen) atoms. The lowest BCUT2D eigenvalue weighted by atomic mass is 9.84. The zero-order valence-corrected chi connectivity index (χ0v) is 14.6. The maximum Gasteiger partial charge on any atom is 0.251 e. The fourth-order valence-electron chi connectivity index (χ4n) is 2.17. The number of amides is 1. The third-order valence-corrected chi connectivity index (χ3v) is 4.18. The molecule has 2 aromatic rings. The van der Waals surface area contributed by atoms with E-state index in [-0.39, 0.29) is 11.3 Å². The van der Waals surface area contributed by atoms with Gasteiger partial charge >= 0.3 is 0 Å². The van der Waals surface area contributed by atoms with Gasteiger partial charge in [0.25, 0.3) is 5.91 Å². The topological polar surface area (TPSA) is 38.3 Å². The molecule has 0 saturated carbocycles. The average molecular weight is 362 g/mol. The van der Waals surface area contributed by atoms with E-state index >= 15 is 0 Å². The highest BCUT2D eigenvalue weighted by Gasteiger charge is 2.21.